The topological polar surface area (TPSA) is 21.3 Å². The van der Waals surface area contributed by atoms with Gasteiger partial charge in [-0.05, 0) is 36.7 Å². The zero-order chi connectivity index (χ0) is 14.5. The van der Waals surface area contributed by atoms with Gasteiger partial charge in [0.1, 0.15) is 5.75 Å². The van der Waals surface area contributed by atoms with Crippen LogP contribution < -0.4 is 10.1 Å². The summed E-state index contributed by atoms with van der Waals surface area (Å²) < 4.78 is 5.49. The first-order valence-corrected chi connectivity index (χ1v) is 7.17. The van der Waals surface area contributed by atoms with E-state index in [4.69, 9.17) is 16.3 Å². The number of nitrogens with one attached hydrogen (secondary N) is 1. The summed E-state index contributed by atoms with van der Waals surface area (Å²) in [6.07, 6.45) is 0. The second kappa shape index (κ2) is 6.78. The normalized spacial score (nSPS) is 12.2. The van der Waals surface area contributed by atoms with Crippen molar-refractivity contribution in [2.24, 2.45) is 0 Å². The third kappa shape index (κ3) is 3.14. The van der Waals surface area contributed by atoms with Gasteiger partial charge in [0, 0.05) is 10.6 Å². The van der Waals surface area contributed by atoms with Gasteiger partial charge in [0.05, 0.1) is 13.2 Å². The first-order valence-electron chi connectivity index (χ1n) is 6.79. The summed E-state index contributed by atoms with van der Waals surface area (Å²) in [5.74, 6) is 0.812. The van der Waals surface area contributed by atoms with Crippen molar-refractivity contribution in [1.82, 2.24) is 5.32 Å². The van der Waals surface area contributed by atoms with Crippen molar-refractivity contribution < 1.29 is 4.74 Å². The molecule has 0 aliphatic heterocycles. The molecule has 0 aromatic heterocycles. The summed E-state index contributed by atoms with van der Waals surface area (Å²) in [6, 6.07) is 14.3. The number of halogens is 1. The molecule has 106 valence electrons. The molecular weight excluding hydrogens is 270 g/mol. The molecule has 1 atom stereocenters. The van der Waals surface area contributed by atoms with Gasteiger partial charge in [-0.2, -0.15) is 0 Å². The van der Waals surface area contributed by atoms with Gasteiger partial charge in [-0.3, -0.25) is 0 Å². The zero-order valence-corrected chi connectivity index (χ0v) is 12.9. The molecule has 0 spiro atoms. The van der Waals surface area contributed by atoms with Crippen LogP contribution in [0, 0.1) is 6.92 Å². The van der Waals surface area contributed by atoms with Gasteiger partial charge in [0.25, 0.3) is 0 Å². The van der Waals surface area contributed by atoms with Gasteiger partial charge in [0.2, 0.25) is 0 Å². The average molecular weight is 290 g/mol. The lowest BCUT2D eigenvalue weighted by atomic mass is 9.94. The molecule has 2 nitrogen and oxygen atoms in total. The fourth-order valence-corrected chi connectivity index (χ4v) is 2.59. The summed E-state index contributed by atoms with van der Waals surface area (Å²) in [7, 11) is 1.68. The molecule has 0 radical (unpaired) electrons. The lowest BCUT2D eigenvalue weighted by Gasteiger charge is -2.23. The molecule has 1 N–H and O–H groups in total. The molecule has 2 aromatic rings. The Morgan fingerprint density at radius 3 is 2.55 bits per heavy atom. The Balaban J connectivity index is 2.51. The Labute approximate surface area is 125 Å². The zero-order valence-electron chi connectivity index (χ0n) is 12.1. The van der Waals surface area contributed by atoms with Crippen LogP contribution in [-0.2, 0) is 0 Å². The molecular formula is C17H20ClNO. The van der Waals surface area contributed by atoms with Crippen LogP contribution in [0.1, 0.15) is 29.7 Å². The minimum Gasteiger partial charge on any atom is -0.496 e. The number of ether oxygens (including phenoxy) is 1. The number of benzene rings is 2. The largest absolute Gasteiger partial charge is 0.496 e. The lowest BCUT2D eigenvalue weighted by Crippen LogP contribution is -2.23. The van der Waals surface area contributed by atoms with Gasteiger partial charge in [0.15, 0.2) is 0 Å². The number of hydrogen-bond donors (Lipinski definition) is 1. The molecule has 1 unspecified atom stereocenters. The van der Waals surface area contributed by atoms with Crippen LogP contribution in [0.3, 0.4) is 0 Å². The maximum Gasteiger partial charge on any atom is 0.125 e. The van der Waals surface area contributed by atoms with E-state index in [2.05, 4.69) is 43.4 Å². The fraction of sp³-hybridized carbons (Fsp3) is 0.294. The highest BCUT2D eigenvalue weighted by molar-refractivity contribution is 6.30. The number of aryl methyl sites for hydroxylation is 1. The van der Waals surface area contributed by atoms with E-state index in [1.54, 1.807) is 7.11 Å². The summed E-state index contributed by atoms with van der Waals surface area (Å²) in [6.45, 7) is 5.11. The van der Waals surface area contributed by atoms with Gasteiger partial charge in [-0.15, -0.1) is 0 Å². The Kier molecular flexibility index (Phi) is 5.05. The van der Waals surface area contributed by atoms with E-state index >= 15 is 0 Å². The van der Waals surface area contributed by atoms with Crippen LogP contribution in [0.5, 0.6) is 5.75 Å². The van der Waals surface area contributed by atoms with E-state index in [1.807, 2.05) is 18.2 Å². The number of rotatable bonds is 5. The van der Waals surface area contributed by atoms with E-state index < -0.39 is 0 Å². The first-order chi connectivity index (χ1) is 9.67. The van der Waals surface area contributed by atoms with Crippen molar-refractivity contribution in [3.63, 3.8) is 0 Å². The molecule has 0 amide bonds. The maximum atomic E-state index is 6.05. The van der Waals surface area contributed by atoms with Crippen LogP contribution >= 0.6 is 11.6 Å². The Bertz CT molecular complexity index is 583. The molecule has 0 aliphatic rings. The van der Waals surface area contributed by atoms with Crippen LogP contribution in [0.2, 0.25) is 5.02 Å². The first kappa shape index (κ1) is 14.9. The maximum absolute atomic E-state index is 6.05. The van der Waals surface area contributed by atoms with E-state index in [1.165, 1.54) is 11.1 Å². The van der Waals surface area contributed by atoms with Gasteiger partial charge in [-0.1, -0.05) is 48.9 Å². The quantitative estimate of drug-likeness (QED) is 0.883. The molecule has 0 aliphatic carbocycles. The minimum absolute atomic E-state index is 0.105. The third-order valence-corrected chi connectivity index (χ3v) is 3.65. The summed E-state index contributed by atoms with van der Waals surface area (Å²) in [5, 5.41) is 4.21. The predicted octanol–water partition coefficient (Wildman–Crippen LogP) is 4.36. The molecule has 3 heteroatoms. The molecule has 0 fully saturated rings. The highest BCUT2D eigenvalue weighted by atomic mass is 35.5. The van der Waals surface area contributed by atoms with E-state index in [0.717, 1.165) is 17.9 Å². The van der Waals surface area contributed by atoms with Crippen molar-refractivity contribution in [3.05, 3.63) is 64.2 Å². The molecule has 0 heterocycles. The molecule has 2 rings (SSSR count). The highest BCUT2D eigenvalue weighted by Gasteiger charge is 2.18. The standard InChI is InChI=1S/C17H20ClNO/c1-4-19-17(14-8-6-5-7-12(14)2)15-10-9-13(18)11-16(15)20-3/h5-11,17,19H,4H2,1-3H3. The molecule has 2 aromatic carbocycles. The van der Waals surface area contributed by atoms with E-state index in [-0.39, 0.29) is 6.04 Å². The number of methoxy groups -OCH3 is 1. The molecule has 0 bridgehead atoms. The van der Waals surface area contributed by atoms with Crippen molar-refractivity contribution in [2.75, 3.05) is 13.7 Å². The van der Waals surface area contributed by atoms with Crippen molar-refractivity contribution in [3.8, 4) is 5.75 Å². The monoisotopic (exact) mass is 289 g/mol. The van der Waals surface area contributed by atoms with Gasteiger partial charge in [-0.25, -0.2) is 0 Å². The minimum atomic E-state index is 0.105. The van der Waals surface area contributed by atoms with E-state index in [0.29, 0.717) is 5.02 Å². The third-order valence-electron chi connectivity index (χ3n) is 3.41. The van der Waals surface area contributed by atoms with Crippen LogP contribution in [0.25, 0.3) is 0 Å². The average Bonchev–Trinajstić information content (AvgIpc) is 2.46. The smallest absolute Gasteiger partial charge is 0.125 e. The lowest BCUT2D eigenvalue weighted by molar-refractivity contribution is 0.404. The SMILES string of the molecule is CCNC(c1ccccc1C)c1ccc(Cl)cc1OC. The van der Waals surface area contributed by atoms with Crippen LogP contribution in [-0.4, -0.2) is 13.7 Å². The Morgan fingerprint density at radius 2 is 1.90 bits per heavy atom. The predicted molar refractivity (Wildman–Crippen MR) is 84.7 cm³/mol. The highest BCUT2D eigenvalue weighted by Crippen LogP contribution is 2.33. The van der Waals surface area contributed by atoms with Gasteiger partial charge < -0.3 is 10.1 Å². The summed E-state index contributed by atoms with van der Waals surface area (Å²) in [4.78, 5) is 0. The van der Waals surface area contributed by atoms with Crippen LogP contribution in [0.15, 0.2) is 42.5 Å². The Hall–Kier alpha value is -1.51. The molecule has 0 saturated carbocycles. The van der Waals surface area contributed by atoms with Crippen molar-refractivity contribution in [2.45, 2.75) is 19.9 Å². The summed E-state index contributed by atoms with van der Waals surface area (Å²) >= 11 is 6.05. The summed E-state index contributed by atoms with van der Waals surface area (Å²) in [5.41, 5.74) is 3.62. The van der Waals surface area contributed by atoms with Gasteiger partial charge >= 0.3 is 0 Å². The Morgan fingerprint density at radius 1 is 1.15 bits per heavy atom. The fourth-order valence-electron chi connectivity index (χ4n) is 2.43. The second-order valence-electron chi connectivity index (χ2n) is 4.73. The van der Waals surface area contributed by atoms with Crippen molar-refractivity contribution >= 4 is 11.6 Å². The van der Waals surface area contributed by atoms with Crippen LogP contribution in [0.4, 0.5) is 0 Å². The second-order valence-corrected chi connectivity index (χ2v) is 5.17. The van der Waals surface area contributed by atoms with Crippen molar-refractivity contribution in [1.29, 1.82) is 0 Å². The molecule has 20 heavy (non-hydrogen) atoms. The van der Waals surface area contributed by atoms with E-state index in [9.17, 15) is 0 Å². The number of hydrogen-bond acceptors (Lipinski definition) is 2. The molecule has 0 saturated heterocycles.